The summed E-state index contributed by atoms with van der Waals surface area (Å²) in [6.07, 6.45) is -5.59. The van der Waals surface area contributed by atoms with Gasteiger partial charge < -0.3 is 9.84 Å². The van der Waals surface area contributed by atoms with Crippen molar-refractivity contribution < 1.29 is 22.5 Å². The van der Waals surface area contributed by atoms with Crippen LogP contribution < -0.4 is 10.6 Å². The molecule has 94 valence electrons. The van der Waals surface area contributed by atoms with Gasteiger partial charge in [0.1, 0.15) is 12.5 Å². The first-order valence-electron chi connectivity index (χ1n) is 4.83. The van der Waals surface area contributed by atoms with Crippen LogP contribution in [0.3, 0.4) is 0 Å². The van der Waals surface area contributed by atoms with Crippen molar-refractivity contribution in [2.24, 2.45) is 0 Å². The lowest BCUT2D eigenvalue weighted by Crippen LogP contribution is -2.47. The van der Waals surface area contributed by atoms with Gasteiger partial charge in [-0.25, -0.2) is 0 Å². The van der Waals surface area contributed by atoms with Crippen LogP contribution in [-0.2, 0) is 11.2 Å². The highest BCUT2D eigenvalue weighted by atomic mass is 19.4. The van der Waals surface area contributed by atoms with Crippen LogP contribution in [0.25, 0.3) is 0 Å². The number of amides is 1. The molecule has 1 unspecified atom stereocenters. The van der Waals surface area contributed by atoms with Gasteiger partial charge in [-0.1, -0.05) is 5.16 Å². The zero-order chi connectivity index (χ0) is 12.5. The smallest absolute Gasteiger partial charge is 0.353 e. The normalized spacial score (nSPS) is 21.4. The van der Waals surface area contributed by atoms with Crippen LogP contribution in [-0.4, -0.2) is 35.3 Å². The topological polar surface area (TPSA) is 80.1 Å². The second-order valence-electron chi connectivity index (χ2n) is 3.58. The lowest BCUT2D eigenvalue weighted by molar-refractivity contribution is -0.128. The molecular weight excluding hydrogens is 241 g/mol. The van der Waals surface area contributed by atoms with Gasteiger partial charge in [0.15, 0.2) is 5.82 Å². The number of aromatic nitrogens is 2. The molecule has 2 heterocycles. The first-order valence-corrected chi connectivity index (χ1v) is 4.83. The van der Waals surface area contributed by atoms with Crippen LogP contribution in [0.5, 0.6) is 0 Å². The molecule has 9 heteroatoms. The fraction of sp³-hybridized carbons (Fsp3) is 0.625. The highest BCUT2D eigenvalue weighted by Gasteiger charge is 2.32. The first-order chi connectivity index (χ1) is 7.94. The number of carbonyl (C=O) groups excluding carboxylic acids is 1. The van der Waals surface area contributed by atoms with E-state index >= 15 is 0 Å². The molecular formula is C8H9F3N4O2. The van der Waals surface area contributed by atoms with E-state index in [-0.39, 0.29) is 24.9 Å². The fourth-order valence-corrected chi connectivity index (χ4v) is 1.40. The largest absolute Gasteiger partial charge is 0.396 e. The van der Waals surface area contributed by atoms with Crippen LogP contribution >= 0.6 is 0 Å². The molecule has 0 aliphatic carbocycles. The minimum absolute atomic E-state index is 0.0456. The van der Waals surface area contributed by atoms with Crippen molar-refractivity contribution in [3.05, 3.63) is 11.7 Å². The Balaban J connectivity index is 2.00. The van der Waals surface area contributed by atoms with Gasteiger partial charge in [-0.05, 0) is 0 Å². The van der Waals surface area contributed by atoms with Crippen molar-refractivity contribution in [2.75, 3.05) is 13.1 Å². The van der Waals surface area contributed by atoms with Gasteiger partial charge in [0.05, 0.1) is 6.54 Å². The van der Waals surface area contributed by atoms with E-state index in [9.17, 15) is 18.0 Å². The molecule has 1 aliphatic heterocycles. The number of halogens is 3. The fourth-order valence-electron chi connectivity index (χ4n) is 1.40. The molecule has 1 fully saturated rings. The highest BCUT2D eigenvalue weighted by molar-refractivity contribution is 5.78. The van der Waals surface area contributed by atoms with Gasteiger partial charge in [-0.3, -0.25) is 10.1 Å². The predicted molar refractivity (Wildman–Crippen MR) is 47.8 cm³/mol. The Morgan fingerprint density at radius 3 is 2.82 bits per heavy atom. The van der Waals surface area contributed by atoms with Crippen molar-refractivity contribution in [3.63, 3.8) is 0 Å². The maximum absolute atomic E-state index is 12.0. The summed E-state index contributed by atoms with van der Waals surface area (Å²) in [7, 11) is 0. The van der Waals surface area contributed by atoms with Crippen molar-refractivity contribution in [1.29, 1.82) is 0 Å². The molecule has 17 heavy (non-hydrogen) atoms. The molecule has 0 bridgehead atoms. The maximum atomic E-state index is 12.0. The molecule has 2 rings (SSSR count). The Labute approximate surface area is 93.6 Å². The number of nitrogens with one attached hydrogen (secondary N) is 2. The second kappa shape index (κ2) is 4.32. The Bertz CT molecular complexity index is 407. The second-order valence-corrected chi connectivity index (χ2v) is 3.58. The first kappa shape index (κ1) is 11.8. The molecule has 1 aromatic heterocycles. The Kier molecular flexibility index (Phi) is 3.01. The molecule has 2 N–H and O–H groups in total. The molecule has 0 aromatic carbocycles. The molecule has 1 saturated heterocycles. The average Bonchev–Trinajstić information content (AvgIpc) is 2.64. The minimum Gasteiger partial charge on any atom is -0.353 e. The van der Waals surface area contributed by atoms with Crippen LogP contribution in [0, 0.1) is 0 Å². The van der Waals surface area contributed by atoms with E-state index in [1.807, 2.05) is 0 Å². The van der Waals surface area contributed by atoms with Gasteiger partial charge in [0.25, 0.3) is 0 Å². The zero-order valence-corrected chi connectivity index (χ0v) is 8.54. The minimum atomic E-state index is -4.37. The van der Waals surface area contributed by atoms with Crippen LogP contribution in [0.4, 0.5) is 13.2 Å². The number of nitrogens with zero attached hydrogens (tertiary/aromatic N) is 2. The molecule has 1 amide bonds. The van der Waals surface area contributed by atoms with Gasteiger partial charge >= 0.3 is 6.18 Å². The number of hydrogen-bond donors (Lipinski definition) is 2. The standard InChI is InChI=1S/C8H9F3N4O2/c9-8(10,11)1-5-14-7(17-15-5)4-2-13-6(16)3-12-4/h4,12H,1-3H2,(H,13,16). The summed E-state index contributed by atoms with van der Waals surface area (Å²) in [5.41, 5.74) is 0. The molecule has 1 atom stereocenters. The number of carbonyl (C=O) groups is 1. The SMILES string of the molecule is O=C1CNC(c2nc(CC(F)(F)F)no2)CN1. The van der Waals surface area contributed by atoms with Gasteiger partial charge in [0.2, 0.25) is 11.8 Å². The molecule has 0 spiro atoms. The van der Waals surface area contributed by atoms with Crippen LogP contribution in [0.2, 0.25) is 0 Å². The summed E-state index contributed by atoms with van der Waals surface area (Å²) in [5, 5.41) is 8.55. The van der Waals surface area contributed by atoms with Gasteiger partial charge in [0, 0.05) is 6.54 Å². The summed E-state index contributed by atoms with van der Waals surface area (Å²) in [6, 6.07) is -0.442. The van der Waals surface area contributed by atoms with E-state index in [2.05, 4.69) is 20.8 Å². The summed E-state index contributed by atoms with van der Waals surface area (Å²) in [4.78, 5) is 14.5. The monoisotopic (exact) mass is 250 g/mol. The predicted octanol–water partition coefficient (Wildman–Crippen LogP) is -0.0651. The average molecular weight is 250 g/mol. The number of rotatable bonds is 2. The van der Waals surface area contributed by atoms with E-state index in [1.54, 1.807) is 0 Å². The van der Waals surface area contributed by atoms with Crippen molar-refractivity contribution in [1.82, 2.24) is 20.8 Å². The van der Waals surface area contributed by atoms with E-state index in [0.717, 1.165) is 0 Å². The zero-order valence-electron chi connectivity index (χ0n) is 8.54. The van der Waals surface area contributed by atoms with E-state index in [1.165, 1.54) is 0 Å². The number of piperazine rings is 1. The highest BCUT2D eigenvalue weighted by Crippen LogP contribution is 2.20. The summed E-state index contributed by atoms with van der Waals surface area (Å²) in [5.74, 6) is -0.549. The van der Waals surface area contributed by atoms with E-state index in [4.69, 9.17) is 4.52 Å². The molecule has 6 nitrogen and oxygen atoms in total. The lowest BCUT2D eigenvalue weighted by atomic mass is 10.2. The summed E-state index contributed by atoms with van der Waals surface area (Å²) in [6.45, 7) is 0.286. The Hall–Kier alpha value is -1.64. The molecule has 0 saturated carbocycles. The molecule has 1 aromatic rings. The third-order valence-corrected chi connectivity index (χ3v) is 2.15. The van der Waals surface area contributed by atoms with Crippen molar-refractivity contribution in [2.45, 2.75) is 18.6 Å². The van der Waals surface area contributed by atoms with Gasteiger partial charge in [-0.15, -0.1) is 0 Å². The van der Waals surface area contributed by atoms with Crippen LogP contribution in [0.15, 0.2) is 4.52 Å². The Morgan fingerprint density at radius 1 is 1.47 bits per heavy atom. The lowest BCUT2D eigenvalue weighted by Gasteiger charge is -2.20. The van der Waals surface area contributed by atoms with E-state index < -0.39 is 24.5 Å². The molecule has 1 aliphatic rings. The number of alkyl halides is 3. The van der Waals surface area contributed by atoms with Crippen molar-refractivity contribution in [3.8, 4) is 0 Å². The van der Waals surface area contributed by atoms with Gasteiger partial charge in [-0.2, -0.15) is 18.2 Å². The van der Waals surface area contributed by atoms with Crippen LogP contribution in [0.1, 0.15) is 17.8 Å². The van der Waals surface area contributed by atoms with Crippen molar-refractivity contribution >= 4 is 5.91 Å². The summed E-state index contributed by atoms with van der Waals surface area (Å²) < 4.78 is 40.9. The maximum Gasteiger partial charge on any atom is 0.396 e. The third kappa shape index (κ3) is 3.16. The van der Waals surface area contributed by atoms with E-state index in [0.29, 0.717) is 0 Å². The number of hydrogen-bond acceptors (Lipinski definition) is 5. The third-order valence-electron chi connectivity index (χ3n) is 2.15. The quantitative estimate of drug-likeness (QED) is 0.768. The summed E-state index contributed by atoms with van der Waals surface area (Å²) >= 11 is 0. The molecule has 0 radical (unpaired) electrons. The Morgan fingerprint density at radius 2 is 2.24 bits per heavy atom.